The molecule has 1 unspecified atom stereocenters. The Morgan fingerprint density at radius 1 is 1.39 bits per heavy atom. The Hall–Kier alpha value is -0.810. The summed E-state index contributed by atoms with van der Waals surface area (Å²) in [6.45, 7) is 6.50. The van der Waals surface area contributed by atoms with Gasteiger partial charge in [0.2, 0.25) is 0 Å². The van der Waals surface area contributed by atoms with Gasteiger partial charge in [-0.15, -0.1) is 11.8 Å². The lowest BCUT2D eigenvalue weighted by molar-refractivity contribution is 0.289. The first-order chi connectivity index (χ1) is 8.62. The molecule has 0 aliphatic heterocycles. The van der Waals surface area contributed by atoms with Gasteiger partial charge in [0.15, 0.2) is 0 Å². The first-order valence-electron chi connectivity index (χ1n) is 6.45. The highest BCUT2D eigenvalue weighted by Gasteiger charge is 2.13. The van der Waals surface area contributed by atoms with Gasteiger partial charge >= 0.3 is 0 Å². The van der Waals surface area contributed by atoms with Crippen molar-refractivity contribution in [1.82, 2.24) is 9.97 Å². The van der Waals surface area contributed by atoms with E-state index >= 15 is 0 Å². The molecule has 102 valence electrons. The van der Waals surface area contributed by atoms with E-state index < -0.39 is 0 Å². The van der Waals surface area contributed by atoms with Crippen LogP contribution >= 0.6 is 11.8 Å². The van der Waals surface area contributed by atoms with E-state index in [1.165, 1.54) is 0 Å². The number of anilines is 1. The van der Waals surface area contributed by atoms with E-state index in [0.717, 1.165) is 41.5 Å². The van der Waals surface area contributed by atoms with E-state index in [9.17, 15) is 0 Å². The molecule has 5 heteroatoms. The molecule has 0 amide bonds. The molecular weight excluding hydrogens is 246 g/mol. The Morgan fingerprint density at radius 2 is 2.11 bits per heavy atom. The normalized spacial score (nSPS) is 12.5. The molecule has 1 atom stereocenters. The number of nitrogens with one attached hydrogen (secondary N) is 1. The third-order valence-corrected chi connectivity index (χ3v) is 3.97. The molecule has 0 bridgehead atoms. The van der Waals surface area contributed by atoms with Crippen molar-refractivity contribution in [3.63, 3.8) is 0 Å². The molecule has 2 N–H and O–H groups in total. The van der Waals surface area contributed by atoms with Crippen molar-refractivity contribution in [3.05, 3.63) is 11.4 Å². The maximum Gasteiger partial charge on any atom is 0.133 e. The van der Waals surface area contributed by atoms with Gasteiger partial charge in [0.05, 0.1) is 0 Å². The van der Waals surface area contributed by atoms with Gasteiger partial charge in [-0.2, -0.15) is 0 Å². The first kappa shape index (κ1) is 15.2. The smallest absolute Gasteiger partial charge is 0.133 e. The van der Waals surface area contributed by atoms with E-state index in [1.54, 1.807) is 11.8 Å². The minimum absolute atomic E-state index is 0.221. The Morgan fingerprint density at radius 3 is 2.67 bits per heavy atom. The van der Waals surface area contributed by atoms with Gasteiger partial charge in [-0.3, -0.25) is 0 Å². The number of aromatic nitrogens is 2. The first-order valence-corrected chi connectivity index (χ1v) is 7.33. The van der Waals surface area contributed by atoms with Crippen LogP contribution in [0, 0.1) is 6.92 Å². The monoisotopic (exact) mass is 269 g/mol. The van der Waals surface area contributed by atoms with Crippen molar-refractivity contribution < 1.29 is 5.11 Å². The number of aliphatic hydroxyl groups excluding tert-OH is 1. The molecule has 1 heterocycles. The summed E-state index contributed by atoms with van der Waals surface area (Å²) in [7, 11) is 1.89. The summed E-state index contributed by atoms with van der Waals surface area (Å²) in [5.74, 6) is 1.80. The van der Waals surface area contributed by atoms with Crippen LogP contribution in [0.3, 0.4) is 0 Å². The van der Waals surface area contributed by atoms with Crippen LogP contribution in [0.2, 0.25) is 0 Å². The summed E-state index contributed by atoms with van der Waals surface area (Å²) in [4.78, 5) is 9.13. The minimum Gasteiger partial charge on any atom is -0.396 e. The minimum atomic E-state index is 0.221. The maximum atomic E-state index is 8.97. The zero-order chi connectivity index (χ0) is 13.5. The molecule has 0 saturated carbocycles. The molecule has 0 aliphatic carbocycles. The standard InChI is InChI=1S/C13H23N3OS/c1-5-6-11-15-12(14-4)10(3)13(16-11)18-9(2)7-8-17/h9,17H,5-8H2,1-4H3,(H,14,15,16). The van der Waals surface area contributed by atoms with Crippen LogP contribution in [0.15, 0.2) is 5.03 Å². The van der Waals surface area contributed by atoms with Crippen molar-refractivity contribution >= 4 is 17.6 Å². The van der Waals surface area contributed by atoms with Crippen LogP contribution in [0.5, 0.6) is 0 Å². The number of rotatable bonds is 7. The van der Waals surface area contributed by atoms with Gasteiger partial charge in [-0.1, -0.05) is 13.8 Å². The molecule has 0 fully saturated rings. The highest BCUT2D eigenvalue weighted by Crippen LogP contribution is 2.29. The quantitative estimate of drug-likeness (QED) is 0.588. The SMILES string of the molecule is CCCc1nc(NC)c(C)c(SC(C)CCO)n1. The fraction of sp³-hybridized carbons (Fsp3) is 0.692. The molecule has 1 aromatic heterocycles. The van der Waals surface area contributed by atoms with Crippen molar-refractivity contribution in [2.24, 2.45) is 0 Å². The number of hydrogen-bond acceptors (Lipinski definition) is 5. The summed E-state index contributed by atoms with van der Waals surface area (Å²) >= 11 is 1.71. The van der Waals surface area contributed by atoms with Crippen LogP contribution in [-0.4, -0.2) is 34.0 Å². The van der Waals surface area contributed by atoms with Crippen LogP contribution in [-0.2, 0) is 6.42 Å². The lowest BCUT2D eigenvalue weighted by Crippen LogP contribution is -2.07. The number of nitrogens with zero attached hydrogens (tertiary/aromatic N) is 2. The summed E-state index contributed by atoms with van der Waals surface area (Å²) in [6.07, 6.45) is 2.73. The second-order valence-electron chi connectivity index (χ2n) is 4.36. The highest BCUT2D eigenvalue weighted by molar-refractivity contribution is 7.99. The lowest BCUT2D eigenvalue weighted by atomic mass is 10.3. The third-order valence-electron chi connectivity index (χ3n) is 2.71. The predicted molar refractivity (Wildman–Crippen MR) is 77.3 cm³/mol. The number of aryl methyl sites for hydroxylation is 1. The molecular formula is C13H23N3OS. The Bertz CT molecular complexity index is 385. The fourth-order valence-electron chi connectivity index (χ4n) is 1.67. The summed E-state index contributed by atoms with van der Waals surface area (Å²) in [5.41, 5.74) is 1.09. The van der Waals surface area contributed by atoms with E-state index in [2.05, 4.69) is 29.1 Å². The van der Waals surface area contributed by atoms with Crippen molar-refractivity contribution in [2.45, 2.75) is 50.3 Å². The molecule has 0 saturated heterocycles. The number of aliphatic hydroxyl groups is 1. The molecule has 4 nitrogen and oxygen atoms in total. The van der Waals surface area contributed by atoms with E-state index in [1.807, 2.05) is 14.0 Å². The zero-order valence-corrected chi connectivity index (χ0v) is 12.5. The molecule has 0 spiro atoms. The molecule has 1 rings (SSSR count). The van der Waals surface area contributed by atoms with Crippen molar-refractivity contribution in [1.29, 1.82) is 0 Å². The Kier molecular flexibility index (Phi) is 6.43. The fourth-order valence-corrected chi connectivity index (χ4v) is 2.70. The van der Waals surface area contributed by atoms with Gasteiger partial charge < -0.3 is 10.4 Å². The van der Waals surface area contributed by atoms with Crippen LogP contribution in [0.1, 0.15) is 38.1 Å². The Labute approximate surface area is 114 Å². The van der Waals surface area contributed by atoms with E-state index in [0.29, 0.717) is 5.25 Å². The molecule has 18 heavy (non-hydrogen) atoms. The van der Waals surface area contributed by atoms with Gasteiger partial charge in [-0.05, 0) is 19.8 Å². The Balaban J connectivity index is 2.96. The van der Waals surface area contributed by atoms with Crippen molar-refractivity contribution in [3.8, 4) is 0 Å². The van der Waals surface area contributed by atoms with Gasteiger partial charge in [0.25, 0.3) is 0 Å². The topological polar surface area (TPSA) is 58.0 Å². The summed E-state index contributed by atoms with van der Waals surface area (Å²) in [6, 6.07) is 0. The average molecular weight is 269 g/mol. The largest absolute Gasteiger partial charge is 0.396 e. The zero-order valence-electron chi connectivity index (χ0n) is 11.7. The molecule has 0 radical (unpaired) electrons. The average Bonchev–Trinajstić information content (AvgIpc) is 2.33. The van der Waals surface area contributed by atoms with Crippen LogP contribution in [0.25, 0.3) is 0 Å². The molecule has 1 aromatic rings. The second-order valence-corrected chi connectivity index (χ2v) is 5.79. The van der Waals surface area contributed by atoms with E-state index in [4.69, 9.17) is 5.11 Å². The summed E-state index contributed by atoms with van der Waals surface area (Å²) in [5, 5.41) is 13.5. The molecule has 0 aromatic carbocycles. The van der Waals surface area contributed by atoms with Gasteiger partial charge in [-0.25, -0.2) is 9.97 Å². The number of hydrogen-bond donors (Lipinski definition) is 2. The van der Waals surface area contributed by atoms with Crippen LogP contribution in [0.4, 0.5) is 5.82 Å². The van der Waals surface area contributed by atoms with Crippen molar-refractivity contribution in [2.75, 3.05) is 19.0 Å². The molecule has 0 aliphatic rings. The predicted octanol–water partition coefficient (Wildman–Crippen LogP) is 2.64. The summed E-state index contributed by atoms with van der Waals surface area (Å²) < 4.78 is 0. The lowest BCUT2D eigenvalue weighted by Gasteiger charge is -2.14. The highest BCUT2D eigenvalue weighted by atomic mass is 32.2. The second kappa shape index (κ2) is 7.59. The maximum absolute atomic E-state index is 8.97. The number of thioether (sulfide) groups is 1. The van der Waals surface area contributed by atoms with Crippen LogP contribution < -0.4 is 5.32 Å². The van der Waals surface area contributed by atoms with Gasteiger partial charge in [0.1, 0.15) is 16.7 Å². The van der Waals surface area contributed by atoms with Gasteiger partial charge in [0, 0.05) is 30.9 Å². The third kappa shape index (κ3) is 4.14. The van der Waals surface area contributed by atoms with E-state index in [-0.39, 0.29) is 6.61 Å².